The molecule has 1 aliphatic heterocycles. The quantitative estimate of drug-likeness (QED) is 0.643. The minimum atomic E-state index is -0.244. The minimum absolute atomic E-state index is 0.0128. The standard InChI is InChI=1S/C23H20FN3O/c24-16-4-1-14(2-5-16)23-21-11-3-15-13-19(28)10-12-20(15)22(21)26-27(23)18-8-6-17(25)7-9-18/h1-2,4-10,12-13,21,23,28H,3,11,25H2/t21-,23+/m1/s1. The summed E-state index contributed by atoms with van der Waals surface area (Å²) in [5.74, 6) is 0.229. The summed E-state index contributed by atoms with van der Waals surface area (Å²) in [5.41, 5.74) is 11.8. The zero-order chi connectivity index (χ0) is 19.3. The van der Waals surface area contributed by atoms with E-state index in [2.05, 4.69) is 0 Å². The first-order valence-electron chi connectivity index (χ1n) is 9.41. The van der Waals surface area contributed by atoms with Gasteiger partial charge in [-0.3, -0.25) is 5.01 Å². The fraction of sp³-hybridized carbons (Fsp3) is 0.174. The number of nitrogens with zero attached hydrogens (tertiary/aromatic N) is 2. The number of fused-ring (bicyclic) bond motifs is 3. The summed E-state index contributed by atoms with van der Waals surface area (Å²) in [6.45, 7) is 0. The van der Waals surface area contributed by atoms with E-state index >= 15 is 0 Å². The van der Waals surface area contributed by atoms with E-state index in [1.165, 1.54) is 12.1 Å². The number of phenolic OH excluding ortho intramolecular Hbond substituents is 1. The molecule has 0 unspecified atom stereocenters. The summed E-state index contributed by atoms with van der Waals surface area (Å²) in [6, 6.07) is 19.8. The number of phenols is 1. The molecule has 4 nitrogen and oxygen atoms in total. The number of hydrogen-bond donors (Lipinski definition) is 2. The van der Waals surface area contributed by atoms with Crippen LogP contribution in [-0.4, -0.2) is 10.8 Å². The SMILES string of the molecule is Nc1ccc(N2N=C3c4ccc(O)cc4CC[C@H]3[C@@H]2c2ccc(F)cc2)cc1. The molecule has 5 heteroatoms. The van der Waals surface area contributed by atoms with Crippen molar-refractivity contribution in [2.75, 3.05) is 10.7 Å². The third kappa shape index (κ3) is 2.71. The molecule has 0 aromatic heterocycles. The van der Waals surface area contributed by atoms with Crippen LogP contribution in [0.25, 0.3) is 0 Å². The van der Waals surface area contributed by atoms with Gasteiger partial charge in [0, 0.05) is 17.2 Å². The second-order valence-corrected chi connectivity index (χ2v) is 7.40. The van der Waals surface area contributed by atoms with E-state index in [1.807, 2.05) is 53.5 Å². The molecule has 28 heavy (non-hydrogen) atoms. The largest absolute Gasteiger partial charge is 0.508 e. The van der Waals surface area contributed by atoms with Crippen molar-refractivity contribution in [2.24, 2.45) is 11.0 Å². The van der Waals surface area contributed by atoms with Gasteiger partial charge < -0.3 is 10.8 Å². The highest BCUT2D eigenvalue weighted by atomic mass is 19.1. The molecule has 2 aliphatic rings. The average Bonchev–Trinajstić information content (AvgIpc) is 3.08. The third-order valence-electron chi connectivity index (χ3n) is 5.67. The Morgan fingerprint density at radius 3 is 2.50 bits per heavy atom. The van der Waals surface area contributed by atoms with Gasteiger partial charge >= 0.3 is 0 Å². The molecule has 3 aromatic rings. The van der Waals surface area contributed by atoms with E-state index in [0.29, 0.717) is 5.69 Å². The molecule has 1 aliphatic carbocycles. The molecular formula is C23H20FN3O. The van der Waals surface area contributed by atoms with Crippen molar-refractivity contribution in [3.8, 4) is 5.75 Å². The predicted octanol–water partition coefficient (Wildman–Crippen LogP) is 4.64. The molecule has 0 saturated heterocycles. The molecule has 3 N–H and O–H groups in total. The van der Waals surface area contributed by atoms with Crippen LogP contribution in [0.5, 0.6) is 5.75 Å². The van der Waals surface area contributed by atoms with Crippen LogP contribution in [0.15, 0.2) is 71.8 Å². The number of benzene rings is 3. The predicted molar refractivity (Wildman–Crippen MR) is 109 cm³/mol. The maximum Gasteiger partial charge on any atom is 0.123 e. The summed E-state index contributed by atoms with van der Waals surface area (Å²) in [5, 5.41) is 16.9. The Bertz CT molecular complexity index is 1060. The van der Waals surface area contributed by atoms with Crippen LogP contribution in [0.3, 0.4) is 0 Å². The van der Waals surface area contributed by atoms with Crippen molar-refractivity contribution < 1.29 is 9.50 Å². The lowest BCUT2D eigenvalue weighted by molar-refractivity contribution is 0.472. The molecule has 1 heterocycles. The van der Waals surface area contributed by atoms with Crippen LogP contribution >= 0.6 is 0 Å². The molecule has 2 atom stereocenters. The summed E-state index contributed by atoms with van der Waals surface area (Å²) in [4.78, 5) is 0. The zero-order valence-electron chi connectivity index (χ0n) is 15.2. The van der Waals surface area contributed by atoms with Crippen molar-refractivity contribution in [3.05, 3.63) is 89.2 Å². The van der Waals surface area contributed by atoms with Crippen molar-refractivity contribution in [2.45, 2.75) is 18.9 Å². The molecule has 0 amide bonds. The number of hydrogen-bond acceptors (Lipinski definition) is 4. The highest BCUT2D eigenvalue weighted by Crippen LogP contribution is 2.45. The number of nitrogen functional groups attached to an aromatic ring is 1. The molecule has 0 spiro atoms. The molecule has 0 saturated carbocycles. The number of aromatic hydroxyl groups is 1. The Morgan fingerprint density at radius 1 is 1.00 bits per heavy atom. The minimum Gasteiger partial charge on any atom is -0.508 e. The molecule has 0 bridgehead atoms. The van der Waals surface area contributed by atoms with E-state index in [1.54, 1.807) is 6.07 Å². The van der Waals surface area contributed by atoms with Crippen molar-refractivity contribution in [3.63, 3.8) is 0 Å². The first-order chi connectivity index (χ1) is 13.6. The monoisotopic (exact) mass is 373 g/mol. The first kappa shape index (κ1) is 16.8. The van der Waals surface area contributed by atoms with Crippen LogP contribution in [-0.2, 0) is 6.42 Å². The van der Waals surface area contributed by atoms with Crippen LogP contribution < -0.4 is 10.7 Å². The highest BCUT2D eigenvalue weighted by molar-refractivity contribution is 6.07. The number of hydrazone groups is 1. The highest BCUT2D eigenvalue weighted by Gasteiger charge is 2.42. The number of anilines is 2. The summed E-state index contributed by atoms with van der Waals surface area (Å²) >= 11 is 0. The molecule has 0 fully saturated rings. The van der Waals surface area contributed by atoms with Gasteiger partial charge in [-0.25, -0.2) is 4.39 Å². The fourth-order valence-corrected chi connectivity index (χ4v) is 4.35. The van der Waals surface area contributed by atoms with Gasteiger partial charge in [-0.15, -0.1) is 0 Å². The van der Waals surface area contributed by atoms with E-state index in [4.69, 9.17) is 10.8 Å². The Morgan fingerprint density at radius 2 is 1.75 bits per heavy atom. The maximum absolute atomic E-state index is 13.5. The van der Waals surface area contributed by atoms with Gasteiger partial charge in [-0.05, 0) is 78.6 Å². The van der Waals surface area contributed by atoms with Crippen LogP contribution in [0, 0.1) is 11.7 Å². The van der Waals surface area contributed by atoms with Crippen molar-refractivity contribution >= 4 is 17.1 Å². The van der Waals surface area contributed by atoms with E-state index < -0.39 is 0 Å². The number of halogens is 1. The average molecular weight is 373 g/mol. The van der Waals surface area contributed by atoms with Gasteiger partial charge in [0.1, 0.15) is 11.6 Å². The van der Waals surface area contributed by atoms with Crippen LogP contribution in [0.2, 0.25) is 0 Å². The lowest BCUT2D eigenvalue weighted by Gasteiger charge is -2.30. The molecular weight excluding hydrogens is 353 g/mol. The lowest BCUT2D eigenvalue weighted by atomic mass is 9.77. The topological polar surface area (TPSA) is 61.8 Å². The van der Waals surface area contributed by atoms with Crippen LogP contribution in [0.4, 0.5) is 15.8 Å². The smallest absolute Gasteiger partial charge is 0.123 e. The zero-order valence-corrected chi connectivity index (χ0v) is 15.2. The Labute approximate surface area is 162 Å². The Kier molecular flexibility index (Phi) is 3.83. The number of nitrogens with two attached hydrogens (primary N) is 1. The molecule has 5 rings (SSSR count). The van der Waals surface area contributed by atoms with Gasteiger partial charge in [-0.2, -0.15) is 5.10 Å². The van der Waals surface area contributed by atoms with E-state index in [-0.39, 0.29) is 23.5 Å². The molecule has 3 aromatic carbocycles. The van der Waals surface area contributed by atoms with Gasteiger partial charge in [0.2, 0.25) is 0 Å². The molecule has 0 radical (unpaired) electrons. The Balaban J connectivity index is 1.64. The Hall–Kier alpha value is -3.34. The van der Waals surface area contributed by atoms with Gasteiger partial charge in [-0.1, -0.05) is 12.1 Å². The second kappa shape index (κ2) is 6.37. The first-order valence-corrected chi connectivity index (χ1v) is 9.41. The lowest BCUT2D eigenvalue weighted by Crippen LogP contribution is -2.28. The fourth-order valence-electron chi connectivity index (χ4n) is 4.35. The normalized spacial score (nSPS) is 20.5. The van der Waals surface area contributed by atoms with Gasteiger partial charge in [0.25, 0.3) is 0 Å². The summed E-state index contributed by atoms with van der Waals surface area (Å²) in [7, 11) is 0. The number of rotatable bonds is 2. The van der Waals surface area contributed by atoms with E-state index in [9.17, 15) is 9.50 Å². The van der Waals surface area contributed by atoms with Crippen LogP contribution in [0.1, 0.15) is 29.2 Å². The molecule has 140 valence electrons. The van der Waals surface area contributed by atoms with Crippen molar-refractivity contribution in [1.82, 2.24) is 0 Å². The summed E-state index contributed by atoms with van der Waals surface area (Å²) < 4.78 is 13.5. The van der Waals surface area contributed by atoms with Gasteiger partial charge in [0.05, 0.1) is 17.4 Å². The third-order valence-corrected chi connectivity index (χ3v) is 5.67. The number of aryl methyl sites for hydroxylation is 1. The summed E-state index contributed by atoms with van der Waals surface area (Å²) in [6.07, 6.45) is 1.80. The maximum atomic E-state index is 13.5. The second-order valence-electron chi connectivity index (χ2n) is 7.40. The van der Waals surface area contributed by atoms with Crippen molar-refractivity contribution in [1.29, 1.82) is 0 Å². The van der Waals surface area contributed by atoms with Gasteiger partial charge in [0.15, 0.2) is 0 Å². The van der Waals surface area contributed by atoms with E-state index in [0.717, 1.165) is 40.9 Å².